The topological polar surface area (TPSA) is 104 Å². The van der Waals surface area contributed by atoms with Crippen LogP contribution in [0.1, 0.15) is 44.0 Å². The van der Waals surface area contributed by atoms with E-state index in [1.165, 1.54) is 0 Å². The van der Waals surface area contributed by atoms with Crippen molar-refractivity contribution >= 4 is 23.1 Å². The van der Waals surface area contributed by atoms with Gasteiger partial charge >= 0.3 is 0 Å². The number of hydrogen-bond donors (Lipinski definition) is 3. The summed E-state index contributed by atoms with van der Waals surface area (Å²) in [7, 11) is 0. The Bertz CT molecular complexity index is 990. The van der Waals surface area contributed by atoms with E-state index in [2.05, 4.69) is 26.1 Å². The summed E-state index contributed by atoms with van der Waals surface area (Å²) >= 11 is 0. The Labute approximate surface area is 164 Å². The van der Waals surface area contributed by atoms with Crippen LogP contribution in [-0.2, 0) is 4.79 Å². The standard InChI is InChI=1S/C20H27N7O/c1-13-11-17(25-24-13)23-18-16-5-4-8-27(16)12-15(22-18)14-6-9-26(10-7-14)19(28)20(2,3)21/h4-5,8,11-12,14H,6-7,9-10,21H2,1-3H3,(H2,22,23,24,25). The highest BCUT2D eigenvalue weighted by Gasteiger charge is 2.31. The van der Waals surface area contributed by atoms with E-state index in [4.69, 9.17) is 10.7 Å². The highest BCUT2D eigenvalue weighted by atomic mass is 16.2. The van der Waals surface area contributed by atoms with Gasteiger partial charge in [0, 0.05) is 43.2 Å². The van der Waals surface area contributed by atoms with E-state index in [1.54, 1.807) is 13.8 Å². The zero-order chi connectivity index (χ0) is 19.9. The summed E-state index contributed by atoms with van der Waals surface area (Å²) < 4.78 is 2.09. The fourth-order valence-corrected chi connectivity index (χ4v) is 3.74. The maximum atomic E-state index is 12.4. The van der Waals surface area contributed by atoms with Crippen molar-refractivity contribution in [2.45, 2.75) is 45.1 Å². The Kier molecular flexibility index (Phi) is 4.58. The molecule has 8 heteroatoms. The van der Waals surface area contributed by atoms with E-state index in [-0.39, 0.29) is 5.91 Å². The van der Waals surface area contributed by atoms with Crippen molar-refractivity contribution in [3.8, 4) is 0 Å². The van der Waals surface area contributed by atoms with Gasteiger partial charge in [0.05, 0.1) is 16.7 Å². The highest BCUT2D eigenvalue weighted by molar-refractivity contribution is 5.85. The van der Waals surface area contributed by atoms with Crippen LogP contribution in [0.4, 0.5) is 11.6 Å². The zero-order valence-corrected chi connectivity index (χ0v) is 16.6. The summed E-state index contributed by atoms with van der Waals surface area (Å²) in [5.41, 5.74) is 8.17. The van der Waals surface area contributed by atoms with Gasteiger partial charge in [-0.3, -0.25) is 9.89 Å². The molecule has 3 aromatic rings. The van der Waals surface area contributed by atoms with Gasteiger partial charge in [-0.15, -0.1) is 0 Å². The quantitative estimate of drug-likeness (QED) is 0.644. The number of nitrogens with zero attached hydrogens (tertiary/aromatic N) is 4. The fourth-order valence-electron chi connectivity index (χ4n) is 3.74. The first kappa shape index (κ1) is 18.5. The number of carbonyl (C=O) groups excluding carboxylic acids is 1. The van der Waals surface area contributed by atoms with Crippen LogP contribution in [0.3, 0.4) is 0 Å². The van der Waals surface area contributed by atoms with Crippen LogP contribution in [0.2, 0.25) is 0 Å². The molecule has 0 saturated carbocycles. The van der Waals surface area contributed by atoms with Gasteiger partial charge in [-0.1, -0.05) is 0 Å². The number of H-pyrrole nitrogens is 1. The van der Waals surface area contributed by atoms with Crippen LogP contribution >= 0.6 is 0 Å². The first-order chi connectivity index (χ1) is 13.3. The molecule has 4 rings (SSSR count). The first-order valence-electron chi connectivity index (χ1n) is 9.66. The number of rotatable bonds is 4. The van der Waals surface area contributed by atoms with Gasteiger partial charge in [0.15, 0.2) is 11.6 Å². The Morgan fingerprint density at radius 2 is 2.11 bits per heavy atom. The fraction of sp³-hybridized carbons (Fsp3) is 0.450. The summed E-state index contributed by atoms with van der Waals surface area (Å²) in [5, 5.41) is 10.5. The molecule has 0 bridgehead atoms. The lowest BCUT2D eigenvalue weighted by atomic mass is 9.92. The molecule has 0 aliphatic carbocycles. The van der Waals surface area contributed by atoms with E-state index >= 15 is 0 Å². The minimum Gasteiger partial charge on any atom is -0.341 e. The number of aromatic amines is 1. The van der Waals surface area contributed by atoms with Crippen LogP contribution < -0.4 is 11.1 Å². The monoisotopic (exact) mass is 381 g/mol. The summed E-state index contributed by atoms with van der Waals surface area (Å²) in [6.45, 7) is 6.90. The molecule has 1 saturated heterocycles. The number of hydrogen-bond acceptors (Lipinski definition) is 5. The lowest BCUT2D eigenvalue weighted by Gasteiger charge is -2.35. The van der Waals surface area contributed by atoms with Crippen molar-refractivity contribution in [1.82, 2.24) is 24.5 Å². The molecule has 1 fully saturated rings. The maximum Gasteiger partial charge on any atom is 0.242 e. The van der Waals surface area contributed by atoms with Crippen molar-refractivity contribution in [1.29, 1.82) is 0 Å². The number of piperidine rings is 1. The number of fused-ring (bicyclic) bond motifs is 1. The van der Waals surface area contributed by atoms with E-state index in [0.717, 1.165) is 41.4 Å². The molecule has 0 spiro atoms. The molecular weight excluding hydrogens is 354 g/mol. The zero-order valence-electron chi connectivity index (χ0n) is 16.6. The van der Waals surface area contributed by atoms with E-state index < -0.39 is 5.54 Å². The summed E-state index contributed by atoms with van der Waals surface area (Å²) in [6.07, 6.45) is 5.87. The van der Waals surface area contributed by atoms with Gasteiger partial charge in [-0.25, -0.2) is 4.98 Å². The second-order valence-electron chi connectivity index (χ2n) is 8.16. The van der Waals surface area contributed by atoms with Gasteiger partial charge in [0.25, 0.3) is 0 Å². The Hall–Kier alpha value is -2.87. The molecule has 1 aliphatic rings. The van der Waals surface area contributed by atoms with Crippen molar-refractivity contribution in [2.75, 3.05) is 18.4 Å². The summed E-state index contributed by atoms with van der Waals surface area (Å²) in [5.74, 6) is 1.85. The second kappa shape index (κ2) is 6.94. The van der Waals surface area contributed by atoms with Gasteiger partial charge in [-0.05, 0) is 45.7 Å². The highest BCUT2D eigenvalue weighted by Crippen LogP contribution is 2.30. The average molecular weight is 381 g/mol. The van der Waals surface area contributed by atoms with E-state index in [1.807, 2.05) is 36.2 Å². The Balaban J connectivity index is 1.55. The molecule has 4 N–H and O–H groups in total. The molecule has 0 atom stereocenters. The second-order valence-corrected chi connectivity index (χ2v) is 8.16. The Morgan fingerprint density at radius 1 is 1.36 bits per heavy atom. The van der Waals surface area contributed by atoms with Gasteiger partial charge in [-0.2, -0.15) is 5.10 Å². The molecule has 4 heterocycles. The number of nitrogens with two attached hydrogens (primary N) is 1. The molecule has 0 aromatic carbocycles. The third kappa shape index (κ3) is 3.60. The molecule has 8 nitrogen and oxygen atoms in total. The van der Waals surface area contributed by atoms with Crippen molar-refractivity contribution in [3.63, 3.8) is 0 Å². The van der Waals surface area contributed by atoms with Crippen molar-refractivity contribution < 1.29 is 4.79 Å². The maximum absolute atomic E-state index is 12.4. The number of aromatic nitrogens is 4. The predicted octanol–water partition coefficient (Wildman–Crippen LogP) is 2.55. The molecule has 28 heavy (non-hydrogen) atoms. The number of anilines is 2. The summed E-state index contributed by atoms with van der Waals surface area (Å²) in [4.78, 5) is 19.2. The molecule has 148 valence electrons. The molecule has 0 unspecified atom stereocenters. The van der Waals surface area contributed by atoms with Crippen LogP contribution in [0.5, 0.6) is 0 Å². The van der Waals surface area contributed by atoms with Crippen molar-refractivity contribution in [2.24, 2.45) is 5.73 Å². The normalized spacial score (nSPS) is 15.9. The number of nitrogens with one attached hydrogen (secondary N) is 2. The lowest BCUT2D eigenvalue weighted by molar-refractivity contribution is -0.136. The van der Waals surface area contributed by atoms with Crippen LogP contribution in [0.15, 0.2) is 30.6 Å². The largest absolute Gasteiger partial charge is 0.341 e. The van der Waals surface area contributed by atoms with Crippen molar-refractivity contribution in [3.05, 3.63) is 42.0 Å². The minimum atomic E-state index is -0.825. The third-order valence-electron chi connectivity index (χ3n) is 5.24. The SMILES string of the molecule is Cc1cc(Nc2nc(C3CCN(C(=O)C(C)(C)N)CC3)cn3cccc23)n[nH]1. The van der Waals surface area contributed by atoms with Crippen LogP contribution in [0.25, 0.3) is 5.52 Å². The summed E-state index contributed by atoms with van der Waals surface area (Å²) in [6, 6.07) is 5.99. The van der Waals surface area contributed by atoms with Gasteiger partial charge < -0.3 is 20.4 Å². The Morgan fingerprint density at radius 3 is 2.75 bits per heavy atom. The van der Waals surface area contributed by atoms with Crippen LogP contribution in [0, 0.1) is 6.92 Å². The van der Waals surface area contributed by atoms with Crippen LogP contribution in [-0.4, -0.2) is 49.0 Å². The number of amides is 1. The van der Waals surface area contributed by atoms with E-state index in [9.17, 15) is 4.79 Å². The smallest absolute Gasteiger partial charge is 0.242 e. The molecule has 1 amide bonds. The average Bonchev–Trinajstić information content (AvgIpc) is 3.29. The number of aryl methyl sites for hydroxylation is 1. The first-order valence-corrected chi connectivity index (χ1v) is 9.66. The molecular formula is C20H27N7O. The molecule has 3 aromatic heterocycles. The van der Waals surface area contributed by atoms with E-state index in [0.29, 0.717) is 19.0 Å². The lowest BCUT2D eigenvalue weighted by Crippen LogP contribution is -2.53. The number of carbonyl (C=O) groups is 1. The van der Waals surface area contributed by atoms with Gasteiger partial charge in [0.1, 0.15) is 0 Å². The molecule has 1 aliphatic heterocycles. The molecule has 0 radical (unpaired) electrons. The predicted molar refractivity (Wildman–Crippen MR) is 109 cm³/mol. The van der Waals surface area contributed by atoms with Gasteiger partial charge in [0.2, 0.25) is 5.91 Å². The third-order valence-corrected chi connectivity index (χ3v) is 5.24. The number of likely N-dealkylation sites (tertiary alicyclic amines) is 1. The minimum absolute atomic E-state index is 0.0102.